The van der Waals surface area contributed by atoms with Crippen LogP contribution < -0.4 is 0 Å². The van der Waals surface area contributed by atoms with Gasteiger partial charge in [-0.25, -0.2) is 8.42 Å². The zero-order valence-electron chi connectivity index (χ0n) is 11.9. The minimum Gasteiger partial charge on any atom is -0.368 e. The summed E-state index contributed by atoms with van der Waals surface area (Å²) in [5, 5.41) is 5.92. The van der Waals surface area contributed by atoms with Crippen LogP contribution in [0.3, 0.4) is 0 Å². The molecule has 0 bridgehead atoms. The molecule has 21 heavy (non-hydrogen) atoms. The number of sulfonamides is 1. The number of ether oxygens (including phenoxy) is 1. The number of nitrogens with zero attached hydrogens (tertiary/aromatic N) is 3. The first-order valence-electron chi connectivity index (χ1n) is 6.58. The Morgan fingerprint density at radius 3 is 2.90 bits per heavy atom. The maximum atomic E-state index is 12.6. The summed E-state index contributed by atoms with van der Waals surface area (Å²) >= 11 is 1.24. The predicted molar refractivity (Wildman–Crippen MR) is 79.6 cm³/mol. The number of rotatable bonds is 3. The molecule has 2 aromatic heterocycles. The molecule has 1 unspecified atom stereocenters. The molecule has 0 aliphatic carbocycles. The number of aryl methyl sites for hydroxylation is 1. The van der Waals surface area contributed by atoms with E-state index < -0.39 is 15.6 Å². The lowest BCUT2D eigenvalue weighted by Gasteiger charge is -2.39. The average Bonchev–Trinajstić information content (AvgIpc) is 3.10. The van der Waals surface area contributed by atoms with E-state index in [0.29, 0.717) is 23.9 Å². The van der Waals surface area contributed by atoms with Gasteiger partial charge in [-0.3, -0.25) is 4.68 Å². The first-order valence-corrected chi connectivity index (χ1v) is 8.90. The van der Waals surface area contributed by atoms with Gasteiger partial charge in [0.15, 0.2) is 0 Å². The molecule has 0 radical (unpaired) electrons. The minimum atomic E-state index is -3.45. The fourth-order valence-corrected chi connectivity index (χ4v) is 5.10. The van der Waals surface area contributed by atoms with Gasteiger partial charge in [-0.1, -0.05) is 6.07 Å². The fraction of sp³-hybridized carbons (Fsp3) is 0.462. The van der Waals surface area contributed by atoms with Crippen molar-refractivity contribution in [1.82, 2.24) is 14.1 Å². The van der Waals surface area contributed by atoms with E-state index in [4.69, 9.17) is 4.74 Å². The molecule has 1 aliphatic heterocycles. The Labute approximate surface area is 128 Å². The first kappa shape index (κ1) is 14.7. The zero-order valence-corrected chi connectivity index (χ0v) is 13.5. The van der Waals surface area contributed by atoms with Gasteiger partial charge in [0, 0.05) is 31.9 Å². The van der Waals surface area contributed by atoms with Crippen molar-refractivity contribution in [3.63, 3.8) is 0 Å². The Kier molecular flexibility index (Phi) is 3.64. The molecule has 1 aliphatic rings. The van der Waals surface area contributed by atoms with Gasteiger partial charge in [0.05, 0.1) is 12.8 Å². The van der Waals surface area contributed by atoms with Crippen LogP contribution in [0.2, 0.25) is 0 Å². The predicted octanol–water partition coefficient (Wildman–Crippen LogP) is 1.42. The lowest BCUT2D eigenvalue weighted by molar-refractivity contribution is -0.0820. The van der Waals surface area contributed by atoms with E-state index in [-0.39, 0.29) is 0 Å². The highest BCUT2D eigenvalue weighted by Gasteiger charge is 2.40. The van der Waals surface area contributed by atoms with Gasteiger partial charge in [-0.15, -0.1) is 11.3 Å². The maximum absolute atomic E-state index is 12.6. The quantitative estimate of drug-likeness (QED) is 0.855. The Balaban J connectivity index is 1.90. The summed E-state index contributed by atoms with van der Waals surface area (Å²) in [7, 11) is -1.62. The third-order valence-corrected chi connectivity index (χ3v) is 6.86. The summed E-state index contributed by atoms with van der Waals surface area (Å²) < 4.78 is 34.7. The summed E-state index contributed by atoms with van der Waals surface area (Å²) in [5.41, 5.74) is 0.215. The minimum absolute atomic E-state index is 0.291. The van der Waals surface area contributed by atoms with Gasteiger partial charge in [0.2, 0.25) is 0 Å². The lowest BCUT2D eigenvalue weighted by atomic mass is 9.98. The molecule has 0 saturated carbocycles. The van der Waals surface area contributed by atoms with Crippen molar-refractivity contribution in [3.05, 3.63) is 35.5 Å². The van der Waals surface area contributed by atoms with Crippen LogP contribution in [0.4, 0.5) is 0 Å². The SMILES string of the molecule is Cn1cc(C2(C)CN(S(=O)(=O)c3cccs3)CCO2)cn1. The van der Waals surface area contributed by atoms with E-state index >= 15 is 0 Å². The van der Waals surface area contributed by atoms with Gasteiger partial charge in [0.1, 0.15) is 9.81 Å². The Hall–Kier alpha value is -1.22. The molecule has 1 fully saturated rings. The van der Waals surface area contributed by atoms with E-state index in [2.05, 4.69) is 5.10 Å². The van der Waals surface area contributed by atoms with Gasteiger partial charge >= 0.3 is 0 Å². The van der Waals surface area contributed by atoms with E-state index in [0.717, 1.165) is 5.56 Å². The zero-order chi connectivity index (χ0) is 15.1. The smallest absolute Gasteiger partial charge is 0.252 e. The normalized spacial score (nSPS) is 24.3. The van der Waals surface area contributed by atoms with Crippen LogP contribution in [-0.2, 0) is 27.4 Å². The van der Waals surface area contributed by atoms with Crippen molar-refractivity contribution in [2.45, 2.75) is 16.7 Å². The van der Waals surface area contributed by atoms with Crippen molar-refractivity contribution in [1.29, 1.82) is 0 Å². The molecule has 0 amide bonds. The molecule has 1 saturated heterocycles. The number of hydrogen-bond acceptors (Lipinski definition) is 5. The van der Waals surface area contributed by atoms with Gasteiger partial charge in [0.25, 0.3) is 10.0 Å². The standard InChI is InChI=1S/C13H17N3O3S2/c1-13(11-8-14-15(2)9-11)10-16(5-6-19-13)21(17,18)12-4-3-7-20-12/h3-4,7-9H,5-6,10H2,1-2H3. The van der Waals surface area contributed by atoms with Crippen LogP contribution in [0.15, 0.2) is 34.1 Å². The van der Waals surface area contributed by atoms with Crippen molar-refractivity contribution in [2.24, 2.45) is 7.05 Å². The average molecular weight is 327 g/mol. The van der Waals surface area contributed by atoms with Crippen LogP contribution in [0.1, 0.15) is 12.5 Å². The summed E-state index contributed by atoms with van der Waals surface area (Å²) in [6, 6.07) is 3.38. The van der Waals surface area contributed by atoms with Crippen LogP contribution in [0, 0.1) is 0 Å². The largest absolute Gasteiger partial charge is 0.368 e. The van der Waals surface area contributed by atoms with Crippen molar-refractivity contribution < 1.29 is 13.2 Å². The van der Waals surface area contributed by atoms with E-state index in [1.807, 2.05) is 20.2 Å². The number of aromatic nitrogens is 2. The summed E-state index contributed by atoms with van der Waals surface area (Å²) in [6.45, 7) is 2.94. The molecule has 6 nitrogen and oxygen atoms in total. The monoisotopic (exact) mass is 327 g/mol. The van der Waals surface area contributed by atoms with Crippen molar-refractivity contribution in [2.75, 3.05) is 19.7 Å². The molecular weight excluding hydrogens is 310 g/mol. The molecule has 2 aromatic rings. The Bertz CT molecular complexity index is 724. The number of thiophene rings is 1. The van der Waals surface area contributed by atoms with Crippen LogP contribution in [-0.4, -0.2) is 42.2 Å². The summed E-state index contributed by atoms with van der Waals surface area (Å²) in [4.78, 5) is 0. The maximum Gasteiger partial charge on any atom is 0.252 e. The molecule has 3 heterocycles. The number of morpholine rings is 1. The number of hydrogen-bond donors (Lipinski definition) is 0. The van der Waals surface area contributed by atoms with E-state index in [1.165, 1.54) is 15.6 Å². The topological polar surface area (TPSA) is 64.4 Å². The third kappa shape index (κ3) is 2.64. The highest BCUT2D eigenvalue weighted by molar-refractivity contribution is 7.91. The second-order valence-electron chi connectivity index (χ2n) is 5.25. The molecule has 8 heteroatoms. The Morgan fingerprint density at radius 1 is 1.48 bits per heavy atom. The molecular formula is C13H17N3O3S2. The third-order valence-electron chi connectivity index (χ3n) is 3.64. The van der Waals surface area contributed by atoms with Gasteiger partial charge in [-0.05, 0) is 18.4 Å². The molecule has 0 spiro atoms. The first-order chi connectivity index (χ1) is 9.92. The molecule has 3 rings (SSSR count). The van der Waals surface area contributed by atoms with Gasteiger partial charge in [-0.2, -0.15) is 9.40 Å². The van der Waals surface area contributed by atoms with E-state index in [9.17, 15) is 8.42 Å². The molecule has 1 atom stereocenters. The highest BCUT2D eigenvalue weighted by Crippen LogP contribution is 2.32. The molecule has 114 valence electrons. The van der Waals surface area contributed by atoms with Crippen LogP contribution in [0.25, 0.3) is 0 Å². The molecule has 0 aromatic carbocycles. The van der Waals surface area contributed by atoms with Gasteiger partial charge < -0.3 is 4.74 Å². The molecule has 0 N–H and O–H groups in total. The highest BCUT2D eigenvalue weighted by atomic mass is 32.2. The van der Waals surface area contributed by atoms with Crippen molar-refractivity contribution >= 4 is 21.4 Å². The second kappa shape index (κ2) is 5.20. The van der Waals surface area contributed by atoms with Crippen molar-refractivity contribution in [3.8, 4) is 0 Å². The summed E-state index contributed by atoms with van der Waals surface area (Å²) in [5.74, 6) is 0. The fourth-order valence-electron chi connectivity index (χ4n) is 2.45. The van der Waals surface area contributed by atoms with Crippen LogP contribution >= 0.6 is 11.3 Å². The summed E-state index contributed by atoms with van der Waals surface area (Å²) in [6.07, 6.45) is 3.59. The lowest BCUT2D eigenvalue weighted by Crippen LogP contribution is -2.50. The van der Waals surface area contributed by atoms with E-state index in [1.54, 1.807) is 28.4 Å². The second-order valence-corrected chi connectivity index (χ2v) is 8.37. The van der Waals surface area contributed by atoms with Crippen LogP contribution in [0.5, 0.6) is 0 Å². The Morgan fingerprint density at radius 2 is 2.29 bits per heavy atom.